The molecule has 1 atom stereocenters. The summed E-state index contributed by atoms with van der Waals surface area (Å²) in [6.45, 7) is 2.73. The molecule has 1 amide bonds. The van der Waals surface area contributed by atoms with Crippen LogP contribution < -0.4 is 5.32 Å². The number of carbonyl (C=O) groups is 1. The van der Waals surface area contributed by atoms with Crippen LogP contribution in [0.4, 0.5) is 5.69 Å². The summed E-state index contributed by atoms with van der Waals surface area (Å²) in [4.78, 5) is 20.6. The number of carbonyl (C=O) groups excluding carboxylic acids is 1. The number of amides is 1. The van der Waals surface area contributed by atoms with Gasteiger partial charge in [-0.15, -0.1) is 0 Å². The third-order valence-electron chi connectivity index (χ3n) is 3.29. The van der Waals surface area contributed by atoms with Gasteiger partial charge in [-0.1, -0.05) is 11.3 Å². The average molecular weight is 277 g/mol. The Balaban J connectivity index is 2.15. The van der Waals surface area contributed by atoms with E-state index in [1.165, 1.54) is 0 Å². The van der Waals surface area contributed by atoms with Crippen LogP contribution in [0.5, 0.6) is 0 Å². The van der Waals surface area contributed by atoms with Gasteiger partial charge in [-0.2, -0.15) is 0 Å². The predicted octanol–water partition coefficient (Wildman–Crippen LogP) is 2.81. The quantitative estimate of drug-likeness (QED) is 0.876. The number of aromatic nitrogens is 2. The van der Waals surface area contributed by atoms with Gasteiger partial charge in [0.1, 0.15) is 10.3 Å². The standard InChI is InChI=1S/C13H15N3O2S/c1-8-16-12-11(10-4-2-3-5-18-10)9(15-7-17)6-14-13(12)19-8/h6-7,10H,2-5H2,1H3,(H,15,17). The van der Waals surface area contributed by atoms with Crippen molar-refractivity contribution in [1.82, 2.24) is 9.97 Å². The summed E-state index contributed by atoms with van der Waals surface area (Å²) in [5.41, 5.74) is 2.54. The fourth-order valence-electron chi connectivity index (χ4n) is 2.47. The van der Waals surface area contributed by atoms with Crippen molar-refractivity contribution in [2.24, 2.45) is 0 Å². The average Bonchev–Trinajstić information content (AvgIpc) is 2.80. The van der Waals surface area contributed by atoms with E-state index in [0.717, 1.165) is 46.8 Å². The molecule has 19 heavy (non-hydrogen) atoms. The Morgan fingerprint density at radius 1 is 1.53 bits per heavy atom. The molecule has 1 aliphatic heterocycles. The first kappa shape index (κ1) is 12.5. The summed E-state index contributed by atoms with van der Waals surface area (Å²) in [5.74, 6) is 0. The number of thiazole rings is 1. The maximum absolute atomic E-state index is 10.8. The molecule has 2 aromatic rings. The maximum Gasteiger partial charge on any atom is 0.211 e. The number of hydrogen-bond donors (Lipinski definition) is 1. The fraction of sp³-hybridized carbons (Fsp3) is 0.462. The Hall–Kier alpha value is -1.53. The predicted molar refractivity (Wildman–Crippen MR) is 74.4 cm³/mol. The number of ether oxygens (including phenoxy) is 1. The van der Waals surface area contributed by atoms with Gasteiger partial charge in [-0.25, -0.2) is 9.97 Å². The van der Waals surface area contributed by atoms with Gasteiger partial charge in [0.2, 0.25) is 6.41 Å². The summed E-state index contributed by atoms with van der Waals surface area (Å²) in [5, 5.41) is 3.69. The second-order valence-electron chi connectivity index (χ2n) is 4.59. The van der Waals surface area contributed by atoms with Crippen LogP contribution in [0.15, 0.2) is 6.20 Å². The van der Waals surface area contributed by atoms with Gasteiger partial charge in [0.25, 0.3) is 0 Å². The van der Waals surface area contributed by atoms with Gasteiger partial charge in [0.05, 0.1) is 23.0 Å². The molecule has 2 aromatic heterocycles. The normalized spacial score (nSPS) is 19.5. The smallest absolute Gasteiger partial charge is 0.211 e. The molecule has 0 aromatic carbocycles. The lowest BCUT2D eigenvalue weighted by Crippen LogP contribution is -2.14. The zero-order valence-electron chi connectivity index (χ0n) is 10.7. The monoisotopic (exact) mass is 277 g/mol. The van der Waals surface area contributed by atoms with Crippen LogP contribution in [0.2, 0.25) is 0 Å². The van der Waals surface area contributed by atoms with E-state index < -0.39 is 0 Å². The minimum atomic E-state index is 0.00296. The highest BCUT2D eigenvalue weighted by molar-refractivity contribution is 7.18. The third-order valence-corrected chi connectivity index (χ3v) is 4.17. The molecule has 1 aliphatic rings. The topological polar surface area (TPSA) is 64.1 Å². The molecule has 1 saturated heterocycles. The minimum Gasteiger partial charge on any atom is -0.373 e. The lowest BCUT2D eigenvalue weighted by Gasteiger charge is -2.24. The third kappa shape index (κ3) is 2.33. The molecule has 0 aliphatic carbocycles. The van der Waals surface area contributed by atoms with Crippen LogP contribution in [-0.4, -0.2) is 23.0 Å². The Kier molecular flexibility index (Phi) is 3.44. The van der Waals surface area contributed by atoms with E-state index in [1.807, 2.05) is 6.92 Å². The highest BCUT2D eigenvalue weighted by Gasteiger charge is 2.24. The van der Waals surface area contributed by atoms with E-state index in [0.29, 0.717) is 12.1 Å². The van der Waals surface area contributed by atoms with Crippen molar-refractivity contribution in [2.45, 2.75) is 32.3 Å². The number of anilines is 1. The van der Waals surface area contributed by atoms with E-state index in [-0.39, 0.29) is 6.10 Å². The van der Waals surface area contributed by atoms with Crippen LogP contribution in [0, 0.1) is 6.92 Å². The largest absolute Gasteiger partial charge is 0.373 e. The van der Waals surface area contributed by atoms with E-state index in [1.54, 1.807) is 17.5 Å². The van der Waals surface area contributed by atoms with E-state index in [9.17, 15) is 4.79 Å². The van der Waals surface area contributed by atoms with Crippen molar-refractivity contribution >= 4 is 33.8 Å². The first-order valence-electron chi connectivity index (χ1n) is 6.37. The summed E-state index contributed by atoms with van der Waals surface area (Å²) >= 11 is 1.56. The number of aryl methyl sites for hydroxylation is 1. The molecule has 6 heteroatoms. The van der Waals surface area contributed by atoms with Gasteiger partial charge in [0.15, 0.2) is 0 Å². The number of nitrogens with one attached hydrogen (secondary N) is 1. The number of fused-ring (bicyclic) bond motifs is 1. The number of hydrogen-bond acceptors (Lipinski definition) is 5. The van der Waals surface area contributed by atoms with Gasteiger partial charge in [-0.3, -0.25) is 4.79 Å². The second-order valence-corrected chi connectivity index (χ2v) is 5.77. The van der Waals surface area contributed by atoms with Crippen LogP contribution in [0.25, 0.3) is 10.3 Å². The van der Waals surface area contributed by atoms with E-state index in [4.69, 9.17) is 4.74 Å². The lowest BCUT2D eigenvalue weighted by atomic mass is 10.00. The zero-order valence-corrected chi connectivity index (χ0v) is 11.5. The molecule has 1 N–H and O–H groups in total. The fourth-order valence-corrected chi connectivity index (χ4v) is 3.25. The highest BCUT2D eigenvalue weighted by atomic mass is 32.1. The van der Waals surface area contributed by atoms with Crippen LogP contribution in [0.1, 0.15) is 35.9 Å². The summed E-state index contributed by atoms with van der Waals surface area (Å²) in [6, 6.07) is 0. The molecule has 0 spiro atoms. The number of nitrogens with zero attached hydrogens (tertiary/aromatic N) is 2. The van der Waals surface area contributed by atoms with Gasteiger partial charge in [0, 0.05) is 12.2 Å². The Bertz CT molecular complexity index is 605. The zero-order chi connectivity index (χ0) is 13.2. The minimum absolute atomic E-state index is 0.00296. The molecule has 100 valence electrons. The lowest BCUT2D eigenvalue weighted by molar-refractivity contribution is -0.105. The SMILES string of the molecule is Cc1nc2c(C3CCCCO3)c(NC=O)cnc2s1. The highest BCUT2D eigenvalue weighted by Crippen LogP contribution is 2.37. The molecule has 1 unspecified atom stereocenters. The molecule has 0 saturated carbocycles. The number of pyridine rings is 1. The van der Waals surface area contributed by atoms with Crippen molar-refractivity contribution in [3.05, 3.63) is 16.8 Å². The molecule has 3 rings (SSSR count). The molecule has 5 nitrogen and oxygen atoms in total. The Morgan fingerprint density at radius 2 is 2.42 bits per heavy atom. The molecule has 3 heterocycles. The first-order chi connectivity index (χ1) is 9.29. The van der Waals surface area contributed by atoms with Gasteiger partial charge < -0.3 is 10.1 Å². The van der Waals surface area contributed by atoms with Gasteiger partial charge >= 0.3 is 0 Å². The van der Waals surface area contributed by atoms with Crippen LogP contribution in [-0.2, 0) is 9.53 Å². The molecule has 0 bridgehead atoms. The summed E-state index contributed by atoms with van der Waals surface area (Å²) in [7, 11) is 0. The molecule has 1 fully saturated rings. The maximum atomic E-state index is 10.8. The van der Waals surface area contributed by atoms with Crippen molar-refractivity contribution in [3.63, 3.8) is 0 Å². The van der Waals surface area contributed by atoms with E-state index in [2.05, 4.69) is 15.3 Å². The summed E-state index contributed by atoms with van der Waals surface area (Å²) in [6.07, 6.45) is 5.57. The molecule has 0 radical (unpaired) electrons. The van der Waals surface area contributed by atoms with Crippen LogP contribution in [0.3, 0.4) is 0 Å². The Labute approximate surface area is 115 Å². The van der Waals surface area contributed by atoms with Crippen molar-refractivity contribution in [1.29, 1.82) is 0 Å². The summed E-state index contributed by atoms with van der Waals surface area (Å²) < 4.78 is 5.85. The van der Waals surface area contributed by atoms with E-state index >= 15 is 0 Å². The number of rotatable bonds is 3. The van der Waals surface area contributed by atoms with Crippen molar-refractivity contribution in [2.75, 3.05) is 11.9 Å². The van der Waals surface area contributed by atoms with Gasteiger partial charge in [-0.05, 0) is 26.2 Å². The van der Waals surface area contributed by atoms with Crippen molar-refractivity contribution < 1.29 is 9.53 Å². The second kappa shape index (κ2) is 5.22. The molecular weight excluding hydrogens is 262 g/mol. The molecular formula is C13H15N3O2S. The first-order valence-corrected chi connectivity index (χ1v) is 7.19. The Morgan fingerprint density at radius 3 is 3.16 bits per heavy atom. The van der Waals surface area contributed by atoms with Crippen LogP contribution >= 0.6 is 11.3 Å². The van der Waals surface area contributed by atoms with Crippen molar-refractivity contribution in [3.8, 4) is 0 Å².